The summed E-state index contributed by atoms with van der Waals surface area (Å²) >= 11 is 0. The number of benzene rings is 1. The molecule has 2 atom stereocenters. The topological polar surface area (TPSA) is 102 Å². The standard InChI is InChI=1S/C18H24FN3O3/c1-4-18(3,11-23)8-16(24)21-10-12(2)22-17(25)14-7-13(9-20)5-6-15(14)19/h5-7,12,23H,4,8,10-11H2,1-3H3,(H,21,24)(H,22,25)/t12-,18?/m0/s1. The molecule has 6 nitrogen and oxygen atoms in total. The van der Waals surface area contributed by atoms with E-state index in [-0.39, 0.29) is 36.6 Å². The Morgan fingerprint density at radius 1 is 1.44 bits per heavy atom. The lowest BCUT2D eigenvalue weighted by molar-refractivity contribution is -0.124. The molecule has 0 aromatic heterocycles. The summed E-state index contributed by atoms with van der Waals surface area (Å²) in [4.78, 5) is 24.0. The van der Waals surface area contributed by atoms with Crippen molar-refractivity contribution < 1.29 is 19.1 Å². The number of nitrogens with zero attached hydrogens (tertiary/aromatic N) is 1. The number of halogens is 1. The van der Waals surface area contributed by atoms with E-state index < -0.39 is 23.2 Å². The molecule has 0 aliphatic rings. The maximum atomic E-state index is 13.7. The second-order valence-corrected chi connectivity index (χ2v) is 6.48. The minimum Gasteiger partial charge on any atom is -0.396 e. The van der Waals surface area contributed by atoms with Gasteiger partial charge in [-0.1, -0.05) is 13.8 Å². The highest BCUT2D eigenvalue weighted by Gasteiger charge is 2.25. The van der Waals surface area contributed by atoms with Crippen LogP contribution in [0.25, 0.3) is 0 Å². The summed E-state index contributed by atoms with van der Waals surface area (Å²) in [5.74, 6) is -1.59. The molecule has 7 heteroatoms. The van der Waals surface area contributed by atoms with Crippen molar-refractivity contribution in [2.45, 2.75) is 39.7 Å². The average Bonchev–Trinajstić information content (AvgIpc) is 2.60. The van der Waals surface area contributed by atoms with Gasteiger partial charge < -0.3 is 15.7 Å². The van der Waals surface area contributed by atoms with Gasteiger partial charge in [-0.2, -0.15) is 5.26 Å². The first-order valence-electron chi connectivity index (χ1n) is 8.12. The van der Waals surface area contributed by atoms with Gasteiger partial charge in [0.1, 0.15) is 5.82 Å². The molecule has 0 radical (unpaired) electrons. The van der Waals surface area contributed by atoms with Gasteiger partial charge in [-0.05, 0) is 37.0 Å². The normalized spacial score (nSPS) is 14.1. The van der Waals surface area contributed by atoms with E-state index in [1.807, 2.05) is 19.9 Å². The maximum absolute atomic E-state index is 13.7. The molecule has 0 saturated carbocycles. The van der Waals surface area contributed by atoms with E-state index in [1.54, 1.807) is 6.92 Å². The third-order valence-electron chi connectivity index (χ3n) is 4.15. The molecule has 1 unspecified atom stereocenters. The van der Waals surface area contributed by atoms with Crippen molar-refractivity contribution in [2.75, 3.05) is 13.2 Å². The number of hydrogen-bond donors (Lipinski definition) is 3. The summed E-state index contributed by atoms with van der Waals surface area (Å²) in [5, 5.41) is 23.4. The number of carbonyl (C=O) groups is 2. The third-order valence-corrected chi connectivity index (χ3v) is 4.15. The van der Waals surface area contributed by atoms with Crippen LogP contribution in [0.2, 0.25) is 0 Å². The van der Waals surface area contributed by atoms with E-state index >= 15 is 0 Å². The quantitative estimate of drug-likeness (QED) is 0.665. The van der Waals surface area contributed by atoms with Gasteiger partial charge in [0.05, 0.1) is 17.2 Å². The first-order chi connectivity index (χ1) is 11.7. The van der Waals surface area contributed by atoms with Gasteiger partial charge in [-0.3, -0.25) is 9.59 Å². The smallest absolute Gasteiger partial charge is 0.254 e. The predicted octanol–water partition coefficient (Wildman–Crippen LogP) is 1.73. The van der Waals surface area contributed by atoms with E-state index in [4.69, 9.17) is 5.26 Å². The molecular weight excluding hydrogens is 325 g/mol. The Hall–Kier alpha value is -2.46. The summed E-state index contributed by atoms with van der Waals surface area (Å²) in [6.07, 6.45) is 0.844. The molecule has 0 bridgehead atoms. The zero-order valence-electron chi connectivity index (χ0n) is 14.7. The fourth-order valence-corrected chi connectivity index (χ4v) is 2.13. The van der Waals surface area contributed by atoms with Gasteiger partial charge in [-0.25, -0.2) is 4.39 Å². The van der Waals surface area contributed by atoms with Crippen LogP contribution in [0.15, 0.2) is 18.2 Å². The van der Waals surface area contributed by atoms with Crippen LogP contribution in [0.4, 0.5) is 4.39 Å². The SMILES string of the molecule is CCC(C)(CO)CC(=O)NC[C@H](C)NC(=O)c1cc(C#N)ccc1F. The molecule has 1 aromatic carbocycles. The fourth-order valence-electron chi connectivity index (χ4n) is 2.13. The number of aliphatic hydroxyl groups excluding tert-OH is 1. The minimum atomic E-state index is -0.714. The predicted molar refractivity (Wildman–Crippen MR) is 91.2 cm³/mol. The van der Waals surface area contributed by atoms with Crippen molar-refractivity contribution >= 4 is 11.8 Å². The number of aliphatic hydroxyl groups is 1. The molecule has 0 heterocycles. The van der Waals surface area contributed by atoms with Crippen molar-refractivity contribution in [1.82, 2.24) is 10.6 Å². The van der Waals surface area contributed by atoms with Crippen molar-refractivity contribution in [2.24, 2.45) is 5.41 Å². The highest BCUT2D eigenvalue weighted by molar-refractivity contribution is 5.95. The molecule has 0 saturated heterocycles. The van der Waals surface area contributed by atoms with Crippen molar-refractivity contribution in [3.63, 3.8) is 0 Å². The van der Waals surface area contributed by atoms with Gasteiger partial charge in [-0.15, -0.1) is 0 Å². The summed E-state index contributed by atoms with van der Waals surface area (Å²) < 4.78 is 13.7. The van der Waals surface area contributed by atoms with Gasteiger partial charge in [0.25, 0.3) is 5.91 Å². The van der Waals surface area contributed by atoms with E-state index in [0.29, 0.717) is 6.42 Å². The van der Waals surface area contributed by atoms with Crippen molar-refractivity contribution in [1.29, 1.82) is 5.26 Å². The Kier molecular flexibility index (Phi) is 7.52. The third kappa shape index (κ3) is 6.16. The largest absolute Gasteiger partial charge is 0.396 e. The summed E-state index contributed by atoms with van der Waals surface area (Å²) in [6, 6.07) is 4.97. The number of carbonyl (C=O) groups excluding carboxylic acids is 2. The molecule has 25 heavy (non-hydrogen) atoms. The van der Waals surface area contributed by atoms with Crippen LogP contribution in [0, 0.1) is 22.6 Å². The Labute approximate surface area is 147 Å². The number of hydrogen-bond acceptors (Lipinski definition) is 4. The van der Waals surface area contributed by atoms with Crippen LogP contribution in [0.1, 0.15) is 49.5 Å². The zero-order valence-corrected chi connectivity index (χ0v) is 14.7. The van der Waals surface area contributed by atoms with Gasteiger partial charge >= 0.3 is 0 Å². The van der Waals surface area contributed by atoms with Crippen LogP contribution < -0.4 is 10.6 Å². The Bertz CT molecular complexity index is 666. The molecule has 0 aliphatic heterocycles. The van der Waals surface area contributed by atoms with Gasteiger partial charge in [0.2, 0.25) is 5.91 Å². The number of rotatable bonds is 8. The monoisotopic (exact) mass is 349 g/mol. The van der Waals surface area contributed by atoms with Crippen LogP contribution in [0.5, 0.6) is 0 Å². The number of nitrogens with one attached hydrogen (secondary N) is 2. The lowest BCUT2D eigenvalue weighted by Crippen LogP contribution is -2.43. The van der Waals surface area contributed by atoms with E-state index in [0.717, 1.165) is 6.07 Å². The minimum absolute atomic E-state index is 0.0856. The highest BCUT2D eigenvalue weighted by Crippen LogP contribution is 2.24. The van der Waals surface area contributed by atoms with Gasteiger partial charge in [0.15, 0.2) is 0 Å². The molecule has 3 N–H and O–H groups in total. The maximum Gasteiger partial charge on any atom is 0.254 e. The van der Waals surface area contributed by atoms with E-state index in [2.05, 4.69) is 10.6 Å². The number of amides is 2. The van der Waals surface area contributed by atoms with Crippen LogP contribution >= 0.6 is 0 Å². The Balaban J connectivity index is 2.57. The number of nitriles is 1. The summed E-state index contributed by atoms with van der Waals surface area (Å²) in [5.41, 5.74) is -0.497. The molecule has 2 amide bonds. The zero-order chi connectivity index (χ0) is 19.0. The summed E-state index contributed by atoms with van der Waals surface area (Å²) in [7, 11) is 0. The second kappa shape index (κ2) is 9.14. The fraction of sp³-hybridized carbons (Fsp3) is 0.500. The van der Waals surface area contributed by atoms with Crippen molar-refractivity contribution in [3.05, 3.63) is 35.1 Å². The lowest BCUT2D eigenvalue weighted by Gasteiger charge is -2.25. The first kappa shape index (κ1) is 20.6. The van der Waals surface area contributed by atoms with Crippen molar-refractivity contribution in [3.8, 4) is 6.07 Å². The molecule has 0 aliphatic carbocycles. The molecule has 1 rings (SSSR count). The molecule has 0 fully saturated rings. The molecule has 136 valence electrons. The first-order valence-corrected chi connectivity index (χ1v) is 8.12. The van der Waals surface area contributed by atoms with Crippen LogP contribution in [0.3, 0.4) is 0 Å². The van der Waals surface area contributed by atoms with Crippen LogP contribution in [-0.4, -0.2) is 36.1 Å². The average molecular weight is 349 g/mol. The second-order valence-electron chi connectivity index (χ2n) is 6.48. The molecular formula is C18H24FN3O3. The Morgan fingerprint density at radius 3 is 2.68 bits per heavy atom. The molecule has 1 aromatic rings. The van der Waals surface area contributed by atoms with Crippen LogP contribution in [-0.2, 0) is 4.79 Å². The highest BCUT2D eigenvalue weighted by atomic mass is 19.1. The van der Waals surface area contributed by atoms with E-state index in [9.17, 15) is 19.1 Å². The van der Waals surface area contributed by atoms with Gasteiger partial charge in [0, 0.05) is 25.6 Å². The summed E-state index contributed by atoms with van der Waals surface area (Å²) in [6.45, 7) is 5.49. The molecule has 0 spiro atoms. The lowest BCUT2D eigenvalue weighted by atomic mass is 9.85. The van der Waals surface area contributed by atoms with E-state index in [1.165, 1.54) is 12.1 Å². The Morgan fingerprint density at radius 2 is 2.12 bits per heavy atom.